The van der Waals surface area contributed by atoms with E-state index in [-0.39, 0.29) is 6.04 Å². The number of nitrogens with zero attached hydrogens (tertiary/aromatic N) is 2. The van der Waals surface area contributed by atoms with E-state index in [0.717, 1.165) is 17.9 Å². The standard InChI is InChI=1S/C10H17N3OS/c1-8-10(13-5-4-11-8)9(2)12-6-7-15(3)14/h4-5,9,12H,6-7H2,1-3H3. The van der Waals surface area contributed by atoms with Gasteiger partial charge in [0.2, 0.25) is 0 Å². The molecule has 0 aliphatic rings. The Bertz CT molecular complexity index is 343. The van der Waals surface area contributed by atoms with Crippen LogP contribution in [0.2, 0.25) is 0 Å². The zero-order valence-electron chi connectivity index (χ0n) is 9.36. The van der Waals surface area contributed by atoms with Crippen LogP contribution in [-0.4, -0.2) is 32.7 Å². The van der Waals surface area contributed by atoms with Gasteiger partial charge < -0.3 is 5.32 Å². The largest absolute Gasteiger partial charge is 0.308 e. The summed E-state index contributed by atoms with van der Waals surface area (Å²) in [5, 5.41) is 3.28. The lowest BCUT2D eigenvalue weighted by atomic mass is 10.2. The highest BCUT2D eigenvalue weighted by Crippen LogP contribution is 2.10. The van der Waals surface area contributed by atoms with Gasteiger partial charge in [-0.25, -0.2) is 0 Å². The van der Waals surface area contributed by atoms with E-state index in [9.17, 15) is 4.21 Å². The molecule has 0 aromatic carbocycles. The highest BCUT2D eigenvalue weighted by molar-refractivity contribution is 7.84. The van der Waals surface area contributed by atoms with E-state index < -0.39 is 10.8 Å². The van der Waals surface area contributed by atoms with Crippen LogP contribution in [0.4, 0.5) is 0 Å². The highest BCUT2D eigenvalue weighted by Gasteiger charge is 2.09. The smallest absolute Gasteiger partial charge is 0.0782 e. The number of nitrogens with one attached hydrogen (secondary N) is 1. The summed E-state index contributed by atoms with van der Waals surface area (Å²) in [6, 6.07) is 0.155. The summed E-state index contributed by atoms with van der Waals surface area (Å²) in [7, 11) is -0.742. The lowest BCUT2D eigenvalue weighted by Crippen LogP contribution is -2.25. The van der Waals surface area contributed by atoms with Crippen molar-refractivity contribution in [3.8, 4) is 0 Å². The Balaban J connectivity index is 2.50. The van der Waals surface area contributed by atoms with Gasteiger partial charge in [0.1, 0.15) is 0 Å². The zero-order chi connectivity index (χ0) is 11.3. The fourth-order valence-corrected chi connectivity index (χ4v) is 1.76. The first-order valence-corrected chi connectivity index (χ1v) is 6.65. The molecule has 1 heterocycles. The molecule has 0 aliphatic carbocycles. The minimum atomic E-state index is -0.742. The summed E-state index contributed by atoms with van der Waals surface area (Å²) in [5.74, 6) is 0.670. The van der Waals surface area contributed by atoms with E-state index in [2.05, 4.69) is 15.3 Å². The van der Waals surface area contributed by atoms with Crippen LogP contribution in [0.1, 0.15) is 24.4 Å². The molecule has 1 rings (SSSR count). The van der Waals surface area contributed by atoms with E-state index in [4.69, 9.17) is 0 Å². The summed E-state index contributed by atoms with van der Waals surface area (Å²) in [4.78, 5) is 8.46. The van der Waals surface area contributed by atoms with Crippen molar-refractivity contribution in [2.24, 2.45) is 0 Å². The highest BCUT2D eigenvalue weighted by atomic mass is 32.2. The Morgan fingerprint density at radius 2 is 2.13 bits per heavy atom. The normalized spacial score (nSPS) is 14.9. The summed E-state index contributed by atoms with van der Waals surface area (Å²) >= 11 is 0. The molecule has 0 amide bonds. The summed E-state index contributed by atoms with van der Waals surface area (Å²) in [5.41, 5.74) is 1.90. The van der Waals surface area contributed by atoms with Gasteiger partial charge in [0.25, 0.3) is 0 Å². The third-order valence-electron chi connectivity index (χ3n) is 2.17. The van der Waals surface area contributed by atoms with Crippen molar-refractivity contribution in [1.29, 1.82) is 0 Å². The zero-order valence-corrected chi connectivity index (χ0v) is 10.2. The van der Waals surface area contributed by atoms with Crippen molar-refractivity contribution in [1.82, 2.24) is 15.3 Å². The van der Waals surface area contributed by atoms with Crippen molar-refractivity contribution in [2.45, 2.75) is 19.9 Å². The first kappa shape index (κ1) is 12.3. The quantitative estimate of drug-likeness (QED) is 0.809. The molecule has 2 unspecified atom stereocenters. The second kappa shape index (κ2) is 5.92. The van der Waals surface area contributed by atoms with Gasteiger partial charge in [0.15, 0.2) is 0 Å². The topological polar surface area (TPSA) is 54.9 Å². The second-order valence-electron chi connectivity index (χ2n) is 3.48. The van der Waals surface area contributed by atoms with Crippen molar-refractivity contribution in [3.05, 3.63) is 23.8 Å². The van der Waals surface area contributed by atoms with Crippen LogP contribution in [0.5, 0.6) is 0 Å². The number of hydrogen-bond donors (Lipinski definition) is 1. The lowest BCUT2D eigenvalue weighted by Gasteiger charge is -2.13. The van der Waals surface area contributed by atoms with Crippen LogP contribution < -0.4 is 5.32 Å². The predicted octanol–water partition coefficient (Wildman–Crippen LogP) is 0.814. The van der Waals surface area contributed by atoms with Crippen molar-refractivity contribution >= 4 is 10.8 Å². The number of hydrogen-bond acceptors (Lipinski definition) is 4. The minimum absolute atomic E-state index is 0.155. The molecule has 1 aromatic rings. The molecule has 4 nitrogen and oxygen atoms in total. The van der Waals surface area contributed by atoms with Crippen LogP contribution in [0.25, 0.3) is 0 Å². The molecule has 0 saturated heterocycles. The Morgan fingerprint density at radius 3 is 2.73 bits per heavy atom. The molecule has 0 bridgehead atoms. The summed E-state index contributed by atoms with van der Waals surface area (Å²) < 4.78 is 10.9. The Labute approximate surface area is 93.0 Å². The monoisotopic (exact) mass is 227 g/mol. The van der Waals surface area contributed by atoms with E-state index in [1.165, 1.54) is 0 Å². The van der Waals surface area contributed by atoms with Crippen molar-refractivity contribution < 1.29 is 4.21 Å². The van der Waals surface area contributed by atoms with E-state index in [1.54, 1.807) is 18.6 Å². The van der Waals surface area contributed by atoms with Crippen LogP contribution in [0.15, 0.2) is 12.4 Å². The first-order chi connectivity index (χ1) is 7.11. The third kappa shape index (κ3) is 4.05. The molecule has 0 fully saturated rings. The molecule has 0 spiro atoms. The Kier molecular flexibility index (Phi) is 4.84. The fourth-order valence-electron chi connectivity index (χ4n) is 1.36. The molecule has 0 radical (unpaired) electrons. The summed E-state index contributed by atoms with van der Waals surface area (Å²) in [6.07, 6.45) is 5.09. The Morgan fingerprint density at radius 1 is 1.47 bits per heavy atom. The molecule has 2 atom stereocenters. The second-order valence-corrected chi connectivity index (χ2v) is 5.03. The maximum atomic E-state index is 10.9. The van der Waals surface area contributed by atoms with Crippen molar-refractivity contribution in [3.63, 3.8) is 0 Å². The van der Waals surface area contributed by atoms with Gasteiger partial charge in [-0.3, -0.25) is 14.2 Å². The first-order valence-electron chi connectivity index (χ1n) is 4.92. The van der Waals surface area contributed by atoms with Crippen LogP contribution in [0.3, 0.4) is 0 Å². The molecular weight excluding hydrogens is 210 g/mol. The molecule has 0 saturated carbocycles. The molecule has 15 heavy (non-hydrogen) atoms. The van der Waals surface area contributed by atoms with Crippen molar-refractivity contribution in [2.75, 3.05) is 18.6 Å². The van der Waals surface area contributed by atoms with Gasteiger partial charge in [-0.05, 0) is 13.8 Å². The van der Waals surface area contributed by atoms with Crippen LogP contribution in [-0.2, 0) is 10.8 Å². The van der Waals surface area contributed by atoms with Gasteiger partial charge >= 0.3 is 0 Å². The SMILES string of the molecule is Cc1nccnc1C(C)NCCS(C)=O. The van der Waals surface area contributed by atoms with Gasteiger partial charge in [-0.1, -0.05) is 0 Å². The summed E-state index contributed by atoms with van der Waals surface area (Å²) in [6.45, 7) is 4.72. The van der Waals surface area contributed by atoms with Crippen LogP contribution >= 0.6 is 0 Å². The Hall–Kier alpha value is -0.810. The molecule has 84 valence electrons. The average Bonchev–Trinajstić information content (AvgIpc) is 2.17. The predicted molar refractivity (Wildman–Crippen MR) is 62.1 cm³/mol. The van der Waals surface area contributed by atoms with E-state index in [1.807, 2.05) is 13.8 Å². The molecule has 0 aliphatic heterocycles. The van der Waals surface area contributed by atoms with E-state index >= 15 is 0 Å². The minimum Gasteiger partial charge on any atom is -0.308 e. The molecular formula is C10H17N3OS. The number of aryl methyl sites for hydroxylation is 1. The van der Waals surface area contributed by atoms with Crippen LogP contribution in [0, 0.1) is 6.92 Å². The maximum absolute atomic E-state index is 10.9. The third-order valence-corrected chi connectivity index (χ3v) is 2.95. The number of rotatable bonds is 5. The fraction of sp³-hybridized carbons (Fsp3) is 0.600. The maximum Gasteiger partial charge on any atom is 0.0782 e. The molecule has 5 heteroatoms. The van der Waals surface area contributed by atoms with Gasteiger partial charge in [-0.15, -0.1) is 0 Å². The lowest BCUT2D eigenvalue weighted by molar-refractivity contribution is 0.576. The molecule has 1 N–H and O–H groups in total. The van der Waals surface area contributed by atoms with Gasteiger partial charge in [0, 0.05) is 47.8 Å². The van der Waals surface area contributed by atoms with Gasteiger partial charge in [-0.2, -0.15) is 0 Å². The van der Waals surface area contributed by atoms with E-state index in [0.29, 0.717) is 5.75 Å². The molecule has 1 aromatic heterocycles. The number of aromatic nitrogens is 2. The average molecular weight is 227 g/mol. The van der Waals surface area contributed by atoms with Gasteiger partial charge in [0.05, 0.1) is 11.4 Å².